The minimum absolute atomic E-state index is 0.193. The van der Waals surface area contributed by atoms with Crippen molar-refractivity contribution < 1.29 is 24.9 Å². The zero-order chi connectivity index (χ0) is 23.4. The molecule has 3 aliphatic carbocycles. The Bertz CT molecular complexity index is 1200. The summed E-state index contributed by atoms with van der Waals surface area (Å²) in [5.41, 5.74) is 2.17. The van der Waals surface area contributed by atoms with Crippen LogP contribution in [0.2, 0.25) is 0 Å². The van der Waals surface area contributed by atoms with Crippen molar-refractivity contribution in [2.24, 2.45) is 0 Å². The number of hydrogen-bond acceptors (Lipinski definition) is 6. The van der Waals surface area contributed by atoms with Crippen LogP contribution in [0.4, 0.5) is 5.69 Å². The molecule has 8 nitrogen and oxygen atoms in total. The van der Waals surface area contributed by atoms with Gasteiger partial charge in [0, 0.05) is 40.4 Å². The Morgan fingerprint density at radius 2 is 1.91 bits per heavy atom. The molecule has 0 spiro atoms. The van der Waals surface area contributed by atoms with Crippen molar-refractivity contribution in [2.75, 3.05) is 5.32 Å². The van der Waals surface area contributed by atoms with Crippen molar-refractivity contribution in [2.45, 2.75) is 88.2 Å². The van der Waals surface area contributed by atoms with Gasteiger partial charge in [0.25, 0.3) is 5.69 Å². The van der Waals surface area contributed by atoms with Gasteiger partial charge in [-0.3, -0.25) is 9.89 Å². The third-order valence-electron chi connectivity index (χ3n) is 7.44. The average Bonchev–Trinajstić information content (AvgIpc) is 3.73. The summed E-state index contributed by atoms with van der Waals surface area (Å²) in [5, 5.41) is 40.9. The maximum atomic E-state index is 11.0. The topological polar surface area (TPSA) is 104 Å². The molecule has 1 atom stereocenters. The molecule has 180 valence electrons. The predicted molar refractivity (Wildman–Crippen MR) is 126 cm³/mol. The van der Waals surface area contributed by atoms with Crippen molar-refractivity contribution in [1.82, 2.24) is 9.78 Å². The van der Waals surface area contributed by atoms with Crippen LogP contribution in [0.5, 0.6) is 5.75 Å². The van der Waals surface area contributed by atoms with E-state index in [9.17, 15) is 15.4 Å². The molecule has 8 heteroatoms. The predicted octanol–water partition coefficient (Wildman–Crippen LogP) is 3.95. The van der Waals surface area contributed by atoms with E-state index >= 15 is 0 Å². The summed E-state index contributed by atoms with van der Waals surface area (Å²) in [6.07, 6.45) is 8.63. The number of anilines is 1. The maximum absolute atomic E-state index is 11.0. The Morgan fingerprint density at radius 3 is 2.62 bits per heavy atom. The minimum atomic E-state index is -1.10. The SMILES string of the molecule is CC1(O)CCC(n2cc3cc(NC(O)c4cccc(C5CC5)[n+]4O)c(OC4CC4)cc3n2)CC1. The molecule has 3 saturated carbocycles. The summed E-state index contributed by atoms with van der Waals surface area (Å²) in [7, 11) is 0. The first-order chi connectivity index (χ1) is 16.4. The number of aromatic nitrogens is 3. The third kappa shape index (κ3) is 4.32. The highest BCUT2D eigenvalue weighted by molar-refractivity contribution is 5.85. The van der Waals surface area contributed by atoms with Gasteiger partial charge >= 0.3 is 0 Å². The molecule has 2 aromatic heterocycles. The van der Waals surface area contributed by atoms with E-state index in [1.165, 1.54) is 0 Å². The van der Waals surface area contributed by atoms with Crippen LogP contribution in [0.1, 0.15) is 87.9 Å². The van der Waals surface area contributed by atoms with Gasteiger partial charge in [0.15, 0.2) is 0 Å². The number of ether oxygens (including phenoxy) is 1. The smallest absolute Gasteiger partial charge is 0.283 e. The third-order valence-corrected chi connectivity index (χ3v) is 7.44. The fourth-order valence-corrected chi connectivity index (χ4v) is 4.98. The Morgan fingerprint density at radius 1 is 1.15 bits per heavy atom. The number of rotatable bonds is 7. The first-order valence-electron chi connectivity index (χ1n) is 12.5. The Balaban J connectivity index is 1.29. The second kappa shape index (κ2) is 8.13. The standard InChI is InChI=1S/C26H33N4O4/c1-26(32)11-9-18(10-12-26)29-15-17-13-21(24(14-20(17)28-29)34-19-7-8-19)27-25(31)23-4-2-3-22(30(23)33)16-5-6-16/h2-4,13-16,18-19,25,27,31-33H,5-12H2,1H3/q+1. The number of fused-ring (bicyclic) bond motifs is 1. The van der Waals surface area contributed by atoms with Gasteiger partial charge in [-0.05, 0) is 70.4 Å². The second-order valence-corrected chi connectivity index (χ2v) is 10.6. The molecule has 0 bridgehead atoms. The average molecular weight is 466 g/mol. The lowest BCUT2D eigenvalue weighted by molar-refractivity contribution is -0.916. The number of pyridine rings is 1. The number of benzene rings is 1. The van der Waals surface area contributed by atoms with Crippen LogP contribution < -0.4 is 14.8 Å². The van der Waals surface area contributed by atoms with Gasteiger partial charge in [0.2, 0.25) is 11.9 Å². The zero-order valence-corrected chi connectivity index (χ0v) is 19.5. The number of aliphatic hydroxyl groups excluding tert-OH is 1. The second-order valence-electron chi connectivity index (χ2n) is 10.6. The Hall–Kier alpha value is -2.84. The minimum Gasteiger partial charge on any atom is -0.488 e. The number of hydrogen-bond donors (Lipinski definition) is 4. The monoisotopic (exact) mass is 465 g/mol. The maximum Gasteiger partial charge on any atom is 0.283 e. The summed E-state index contributed by atoms with van der Waals surface area (Å²) >= 11 is 0. The van der Waals surface area contributed by atoms with Gasteiger partial charge in [-0.2, -0.15) is 5.10 Å². The lowest BCUT2D eigenvalue weighted by atomic mass is 9.84. The van der Waals surface area contributed by atoms with Gasteiger partial charge in [-0.25, -0.2) is 0 Å². The Kier molecular flexibility index (Phi) is 5.18. The summed E-state index contributed by atoms with van der Waals surface area (Å²) in [5.74, 6) is 1.02. The summed E-state index contributed by atoms with van der Waals surface area (Å²) in [4.78, 5) is 0. The molecule has 0 saturated heterocycles. The van der Waals surface area contributed by atoms with E-state index in [4.69, 9.17) is 9.84 Å². The quantitative estimate of drug-likeness (QED) is 0.239. The van der Waals surface area contributed by atoms with E-state index in [1.807, 2.05) is 42.1 Å². The van der Waals surface area contributed by atoms with Crippen molar-refractivity contribution in [3.63, 3.8) is 0 Å². The molecule has 0 aliphatic heterocycles. The van der Waals surface area contributed by atoms with E-state index in [0.29, 0.717) is 23.0 Å². The molecule has 4 N–H and O–H groups in total. The van der Waals surface area contributed by atoms with Crippen LogP contribution in [-0.4, -0.2) is 36.9 Å². The molecule has 3 aliphatic rings. The highest BCUT2D eigenvalue weighted by atomic mass is 16.5. The van der Waals surface area contributed by atoms with Crippen LogP contribution in [0.25, 0.3) is 10.9 Å². The van der Waals surface area contributed by atoms with E-state index in [0.717, 1.165) is 72.7 Å². The van der Waals surface area contributed by atoms with Gasteiger partial charge in [0.1, 0.15) is 5.75 Å². The van der Waals surface area contributed by atoms with E-state index in [1.54, 1.807) is 6.07 Å². The van der Waals surface area contributed by atoms with Crippen molar-refractivity contribution in [1.29, 1.82) is 0 Å². The van der Waals surface area contributed by atoms with Gasteiger partial charge in [-0.1, -0.05) is 0 Å². The first kappa shape index (κ1) is 21.7. The van der Waals surface area contributed by atoms with Crippen molar-refractivity contribution in [3.05, 3.63) is 47.9 Å². The fourth-order valence-electron chi connectivity index (χ4n) is 4.98. The van der Waals surface area contributed by atoms with Crippen LogP contribution in [0, 0.1) is 0 Å². The summed E-state index contributed by atoms with van der Waals surface area (Å²) in [6.45, 7) is 1.91. The Labute approximate surface area is 198 Å². The highest BCUT2D eigenvalue weighted by Gasteiger charge is 2.36. The normalized spacial score (nSPS) is 25.9. The first-order valence-corrected chi connectivity index (χ1v) is 12.5. The molecule has 1 unspecified atom stereocenters. The number of nitrogens with one attached hydrogen (secondary N) is 1. The number of aliphatic hydroxyl groups is 2. The largest absolute Gasteiger partial charge is 0.488 e. The molecule has 6 rings (SSSR count). The van der Waals surface area contributed by atoms with E-state index < -0.39 is 11.8 Å². The van der Waals surface area contributed by atoms with Crippen LogP contribution in [0.3, 0.4) is 0 Å². The lowest BCUT2D eigenvalue weighted by Gasteiger charge is -2.33. The molecular formula is C26H33N4O4+. The van der Waals surface area contributed by atoms with Crippen LogP contribution in [-0.2, 0) is 0 Å². The van der Waals surface area contributed by atoms with Crippen molar-refractivity contribution in [3.8, 4) is 5.75 Å². The van der Waals surface area contributed by atoms with Crippen molar-refractivity contribution >= 4 is 16.6 Å². The molecule has 34 heavy (non-hydrogen) atoms. The zero-order valence-electron chi connectivity index (χ0n) is 19.5. The van der Waals surface area contributed by atoms with Crippen LogP contribution in [0.15, 0.2) is 36.5 Å². The number of nitrogens with zero attached hydrogens (tertiary/aromatic N) is 3. The molecule has 2 heterocycles. The summed E-state index contributed by atoms with van der Waals surface area (Å²) < 4.78 is 9.29. The molecule has 0 amide bonds. The summed E-state index contributed by atoms with van der Waals surface area (Å²) in [6, 6.07) is 9.66. The van der Waals surface area contributed by atoms with Crippen LogP contribution >= 0.6 is 0 Å². The molecular weight excluding hydrogens is 432 g/mol. The molecule has 1 aromatic carbocycles. The van der Waals surface area contributed by atoms with Gasteiger partial charge < -0.3 is 20.3 Å². The molecule has 0 radical (unpaired) electrons. The highest BCUT2D eigenvalue weighted by Crippen LogP contribution is 2.40. The molecule has 3 aromatic rings. The fraction of sp³-hybridized carbons (Fsp3) is 0.538. The van der Waals surface area contributed by atoms with E-state index in [2.05, 4.69) is 5.32 Å². The lowest BCUT2D eigenvalue weighted by Crippen LogP contribution is -2.42. The van der Waals surface area contributed by atoms with Gasteiger partial charge in [-0.15, -0.1) is 0 Å². The van der Waals surface area contributed by atoms with Gasteiger partial charge in [0.05, 0.1) is 29.0 Å². The van der Waals surface area contributed by atoms with E-state index in [-0.39, 0.29) is 12.1 Å². The molecule has 3 fully saturated rings.